The third-order valence-electron chi connectivity index (χ3n) is 3.44. The Morgan fingerprint density at radius 2 is 1.79 bits per heavy atom. The number of guanidine groups is 1. The summed E-state index contributed by atoms with van der Waals surface area (Å²) in [6, 6.07) is 11.4. The van der Waals surface area contributed by atoms with E-state index in [2.05, 4.69) is 15.6 Å². The van der Waals surface area contributed by atoms with Crippen LogP contribution in [0.4, 0.5) is 8.78 Å². The topological polar surface area (TPSA) is 45.7 Å². The third kappa shape index (κ3) is 5.31. The second-order valence-electron chi connectivity index (χ2n) is 5.27. The molecule has 0 atom stereocenters. The quantitative estimate of drug-likeness (QED) is 0.631. The van der Waals surface area contributed by atoms with Gasteiger partial charge in [0.05, 0.1) is 6.61 Å². The standard InChI is InChI=1S/C18H21F2N3O/c1-21-18(23-11-15-9-16(19)6-7-17(15)20)22-10-13-4-3-5-14(8-13)12-24-2/h3-9H,10-12H2,1-2H3,(H2,21,22,23). The molecule has 2 N–H and O–H groups in total. The highest BCUT2D eigenvalue weighted by Gasteiger charge is 2.05. The highest BCUT2D eigenvalue weighted by molar-refractivity contribution is 5.79. The highest BCUT2D eigenvalue weighted by Crippen LogP contribution is 2.09. The molecule has 4 nitrogen and oxygen atoms in total. The van der Waals surface area contributed by atoms with Crippen molar-refractivity contribution in [2.45, 2.75) is 19.7 Å². The van der Waals surface area contributed by atoms with Crippen molar-refractivity contribution in [1.82, 2.24) is 10.6 Å². The van der Waals surface area contributed by atoms with E-state index >= 15 is 0 Å². The van der Waals surface area contributed by atoms with E-state index in [0.29, 0.717) is 19.1 Å². The molecule has 0 aliphatic rings. The number of hydrogen-bond acceptors (Lipinski definition) is 2. The molecule has 0 saturated heterocycles. The largest absolute Gasteiger partial charge is 0.380 e. The maximum Gasteiger partial charge on any atom is 0.191 e. The molecule has 0 aromatic heterocycles. The summed E-state index contributed by atoms with van der Waals surface area (Å²) < 4.78 is 31.9. The van der Waals surface area contributed by atoms with Crippen LogP contribution in [0, 0.1) is 11.6 Å². The van der Waals surface area contributed by atoms with Crippen molar-refractivity contribution < 1.29 is 13.5 Å². The molecular formula is C18H21F2N3O. The van der Waals surface area contributed by atoms with E-state index in [1.807, 2.05) is 24.3 Å². The van der Waals surface area contributed by atoms with Crippen LogP contribution in [-0.4, -0.2) is 20.1 Å². The predicted molar refractivity (Wildman–Crippen MR) is 90.6 cm³/mol. The Kier molecular flexibility index (Phi) is 6.69. The SMILES string of the molecule is CN=C(NCc1cccc(COC)c1)NCc1cc(F)ccc1F. The second-order valence-corrected chi connectivity index (χ2v) is 5.27. The average Bonchev–Trinajstić information content (AvgIpc) is 2.58. The molecule has 2 aromatic carbocycles. The van der Waals surface area contributed by atoms with Crippen LogP contribution in [0.5, 0.6) is 0 Å². The normalized spacial score (nSPS) is 11.4. The number of benzene rings is 2. The van der Waals surface area contributed by atoms with Crippen molar-refractivity contribution in [3.8, 4) is 0 Å². The Morgan fingerprint density at radius 1 is 1.04 bits per heavy atom. The van der Waals surface area contributed by atoms with Gasteiger partial charge in [-0.05, 0) is 29.3 Å². The molecule has 0 radical (unpaired) electrons. The Bertz CT molecular complexity index is 704. The summed E-state index contributed by atoms with van der Waals surface area (Å²) in [5.41, 5.74) is 2.41. The minimum atomic E-state index is -0.467. The van der Waals surface area contributed by atoms with Crippen LogP contribution in [0.3, 0.4) is 0 Å². The van der Waals surface area contributed by atoms with Crippen molar-refractivity contribution in [3.63, 3.8) is 0 Å². The molecule has 0 spiro atoms. The van der Waals surface area contributed by atoms with Gasteiger partial charge in [-0.25, -0.2) is 8.78 Å². The third-order valence-corrected chi connectivity index (χ3v) is 3.44. The average molecular weight is 333 g/mol. The lowest BCUT2D eigenvalue weighted by Gasteiger charge is -2.13. The number of nitrogens with zero attached hydrogens (tertiary/aromatic N) is 1. The zero-order chi connectivity index (χ0) is 17.4. The van der Waals surface area contributed by atoms with E-state index in [0.717, 1.165) is 23.3 Å². The van der Waals surface area contributed by atoms with Gasteiger partial charge in [-0.1, -0.05) is 24.3 Å². The molecule has 0 aliphatic heterocycles. The number of halogens is 2. The maximum atomic E-state index is 13.6. The Hall–Kier alpha value is -2.47. The van der Waals surface area contributed by atoms with Crippen LogP contribution in [-0.2, 0) is 24.4 Å². The maximum absolute atomic E-state index is 13.6. The lowest BCUT2D eigenvalue weighted by atomic mass is 10.1. The zero-order valence-corrected chi connectivity index (χ0v) is 13.8. The molecule has 0 heterocycles. The van der Waals surface area contributed by atoms with Gasteiger partial charge in [-0.2, -0.15) is 0 Å². The molecule has 0 amide bonds. The van der Waals surface area contributed by atoms with Crippen LogP contribution in [0.15, 0.2) is 47.5 Å². The molecule has 0 unspecified atom stereocenters. The number of nitrogens with one attached hydrogen (secondary N) is 2. The summed E-state index contributed by atoms with van der Waals surface area (Å²) >= 11 is 0. The van der Waals surface area contributed by atoms with E-state index in [1.54, 1.807) is 14.2 Å². The summed E-state index contributed by atoms with van der Waals surface area (Å²) in [5, 5.41) is 6.11. The lowest BCUT2D eigenvalue weighted by molar-refractivity contribution is 0.185. The van der Waals surface area contributed by atoms with Gasteiger partial charge in [0.2, 0.25) is 0 Å². The smallest absolute Gasteiger partial charge is 0.191 e. The van der Waals surface area contributed by atoms with E-state index in [1.165, 1.54) is 6.07 Å². The molecular weight excluding hydrogens is 312 g/mol. The van der Waals surface area contributed by atoms with E-state index in [4.69, 9.17) is 4.74 Å². The van der Waals surface area contributed by atoms with Crippen LogP contribution >= 0.6 is 0 Å². The van der Waals surface area contributed by atoms with Gasteiger partial charge in [0.15, 0.2) is 5.96 Å². The van der Waals surface area contributed by atoms with Crippen molar-refractivity contribution in [1.29, 1.82) is 0 Å². The van der Waals surface area contributed by atoms with E-state index < -0.39 is 11.6 Å². The van der Waals surface area contributed by atoms with Crippen LogP contribution < -0.4 is 10.6 Å². The van der Waals surface area contributed by atoms with Crippen LogP contribution in [0.2, 0.25) is 0 Å². The molecule has 0 bridgehead atoms. The first-order valence-electron chi connectivity index (χ1n) is 7.57. The number of aliphatic imine (C=N–C) groups is 1. The number of methoxy groups -OCH3 is 1. The second kappa shape index (κ2) is 8.98. The van der Waals surface area contributed by atoms with E-state index in [9.17, 15) is 8.78 Å². The molecule has 128 valence electrons. The lowest BCUT2D eigenvalue weighted by Crippen LogP contribution is -2.36. The van der Waals surface area contributed by atoms with Gasteiger partial charge >= 0.3 is 0 Å². The first-order valence-corrected chi connectivity index (χ1v) is 7.57. The predicted octanol–water partition coefficient (Wildman–Crippen LogP) is 2.98. The van der Waals surface area contributed by atoms with Crippen molar-refractivity contribution in [3.05, 3.63) is 70.8 Å². The number of ether oxygens (including phenoxy) is 1. The van der Waals surface area contributed by atoms with Crippen LogP contribution in [0.25, 0.3) is 0 Å². The highest BCUT2D eigenvalue weighted by atomic mass is 19.1. The molecule has 6 heteroatoms. The van der Waals surface area contributed by atoms with Crippen molar-refractivity contribution in [2.24, 2.45) is 4.99 Å². The fourth-order valence-corrected chi connectivity index (χ4v) is 2.26. The Morgan fingerprint density at radius 3 is 2.54 bits per heavy atom. The fourth-order valence-electron chi connectivity index (χ4n) is 2.26. The minimum Gasteiger partial charge on any atom is -0.380 e. The first kappa shape index (κ1) is 17.9. The summed E-state index contributed by atoms with van der Waals surface area (Å²) in [6.45, 7) is 1.26. The number of rotatable bonds is 6. The first-order chi connectivity index (χ1) is 11.6. The summed E-state index contributed by atoms with van der Waals surface area (Å²) in [7, 11) is 3.28. The van der Waals surface area contributed by atoms with Gasteiger partial charge < -0.3 is 15.4 Å². The fraction of sp³-hybridized carbons (Fsp3) is 0.278. The Labute approximate surface area is 140 Å². The van der Waals surface area contributed by atoms with Gasteiger partial charge in [-0.15, -0.1) is 0 Å². The molecule has 2 rings (SSSR count). The van der Waals surface area contributed by atoms with Gasteiger partial charge in [0.25, 0.3) is 0 Å². The summed E-state index contributed by atoms with van der Waals surface area (Å²) in [5.74, 6) is -0.409. The molecule has 2 aromatic rings. The number of hydrogen-bond donors (Lipinski definition) is 2. The molecule has 0 saturated carbocycles. The van der Waals surface area contributed by atoms with Gasteiger partial charge in [-0.3, -0.25) is 4.99 Å². The summed E-state index contributed by atoms with van der Waals surface area (Å²) in [6.07, 6.45) is 0. The van der Waals surface area contributed by atoms with Crippen LogP contribution in [0.1, 0.15) is 16.7 Å². The minimum absolute atomic E-state index is 0.146. The molecule has 24 heavy (non-hydrogen) atoms. The monoisotopic (exact) mass is 333 g/mol. The van der Waals surface area contributed by atoms with Gasteiger partial charge in [0, 0.05) is 32.8 Å². The van der Waals surface area contributed by atoms with Gasteiger partial charge in [0.1, 0.15) is 11.6 Å². The van der Waals surface area contributed by atoms with Crippen molar-refractivity contribution >= 4 is 5.96 Å². The van der Waals surface area contributed by atoms with E-state index in [-0.39, 0.29) is 12.1 Å². The molecule has 0 aliphatic carbocycles. The van der Waals surface area contributed by atoms with Crippen molar-refractivity contribution in [2.75, 3.05) is 14.2 Å². The molecule has 0 fully saturated rings. The Balaban J connectivity index is 1.91. The summed E-state index contributed by atoms with van der Waals surface area (Å²) in [4.78, 5) is 4.08. The zero-order valence-electron chi connectivity index (χ0n) is 13.8.